The van der Waals surface area contributed by atoms with Gasteiger partial charge in [0.25, 0.3) is 0 Å². The van der Waals surface area contributed by atoms with Gasteiger partial charge < -0.3 is 24.8 Å². The van der Waals surface area contributed by atoms with Crippen molar-refractivity contribution in [2.45, 2.75) is 84.7 Å². The fraction of sp³-hybridized carbons (Fsp3) is 0.700. The third-order valence-corrected chi connectivity index (χ3v) is 5.57. The molecule has 0 spiro atoms. The molecule has 0 bridgehead atoms. The summed E-state index contributed by atoms with van der Waals surface area (Å²) in [7, 11) is 1.63. The molecule has 1 aromatic carbocycles. The van der Waals surface area contributed by atoms with E-state index in [0.717, 1.165) is 11.2 Å². The Labute approximate surface area is 159 Å². The van der Waals surface area contributed by atoms with Crippen LogP contribution in [0.4, 0.5) is 5.69 Å². The average Bonchev–Trinajstić information content (AvgIpc) is 2.66. The molecule has 5 nitrogen and oxygen atoms in total. The van der Waals surface area contributed by atoms with Crippen molar-refractivity contribution in [1.82, 2.24) is 0 Å². The van der Waals surface area contributed by atoms with E-state index in [1.165, 1.54) is 5.56 Å². The third kappa shape index (κ3) is 5.23. The summed E-state index contributed by atoms with van der Waals surface area (Å²) >= 11 is 0. The van der Waals surface area contributed by atoms with Crippen molar-refractivity contribution in [2.75, 3.05) is 12.4 Å². The smallest absolute Gasteiger partial charge is 0.399 e. The lowest BCUT2D eigenvalue weighted by atomic mass is 9.76. The number of aliphatic hydroxyl groups is 2. The summed E-state index contributed by atoms with van der Waals surface area (Å²) in [4.78, 5) is 0. The summed E-state index contributed by atoms with van der Waals surface area (Å²) < 4.78 is 12.2. The van der Waals surface area contributed by atoms with Gasteiger partial charge in [-0.15, -0.1) is 0 Å². The topological polar surface area (TPSA) is 71.0 Å². The Kier molecular flexibility index (Phi) is 6.63. The van der Waals surface area contributed by atoms with E-state index >= 15 is 0 Å². The second-order valence-electron chi connectivity index (χ2n) is 9.03. The van der Waals surface area contributed by atoms with E-state index in [1.54, 1.807) is 27.7 Å². The molecule has 0 aromatic heterocycles. The summed E-state index contributed by atoms with van der Waals surface area (Å²) in [6.45, 7) is 16.7. The van der Waals surface area contributed by atoms with Gasteiger partial charge in [-0.2, -0.15) is 0 Å². The maximum atomic E-state index is 9.10. The predicted octanol–water partition coefficient (Wildman–Crippen LogP) is 2.86. The van der Waals surface area contributed by atoms with E-state index in [4.69, 9.17) is 19.5 Å². The highest BCUT2D eigenvalue weighted by Gasteiger charge is 2.52. The first-order chi connectivity index (χ1) is 11.5. The van der Waals surface area contributed by atoms with Gasteiger partial charge >= 0.3 is 7.12 Å². The summed E-state index contributed by atoms with van der Waals surface area (Å²) in [6.07, 6.45) is 0. The van der Waals surface area contributed by atoms with Crippen molar-refractivity contribution in [1.29, 1.82) is 0 Å². The summed E-state index contributed by atoms with van der Waals surface area (Å²) in [5, 5.41) is 21.4. The largest absolute Gasteiger partial charge is 0.495 e. The van der Waals surface area contributed by atoms with Crippen molar-refractivity contribution < 1.29 is 19.5 Å². The van der Waals surface area contributed by atoms with Crippen molar-refractivity contribution in [3.63, 3.8) is 0 Å². The highest BCUT2D eigenvalue weighted by atomic mass is 16.7. The molecular weight excluding hydrogens is 329 g/mol. The van der Waals surface area contributed by atoms with Gasteiger partial charge in [0.05, 0.1) is 22.4 Å². The summed E-state index contributed by atoms with van der Waals surface area (Å²) in [5.74, 6) is 0. The number of anilines is 1. The molecule has 0 aliphatic carbocycles. The highest BCUT2D eigenvalue weighted by Crippen LogP contribution is 2.36. The summed E-state index contributed by atoms with van der Waals surface area (Å²) in [6, 6.07) is 6.24. The molecule has 0 saturated carbocycles. The molecule has 1 aliphatic heterocycles. The van der Waals surface area contributed by atoms with Gasteiger partial charge in [-0.05, 0) is 79.9 Å². The zero-order valence-electron chi connectivity index (χ0n) is 18.0. The van der Waals surface area contributed by atoms with Gasteiger partial charge in [0.2, 0.25) is 0 Å². The molecule has 1 saturated heterocycles. The van der Waals surface area contributed by atoms with Crippen LogP contribution < -0.4 is 10.8 Å². The highest BCUT2D eigenvalue weighted by molar-refractivity contribution is 6.62. The Balaban J connectivity index is 0.000000359. The lowest BCUT2D eigenvalue weighted by molar-refractivity contribution is -0.107. The van der Waals surface area contributed by atoms with Gasteiger partial charge in [-0.25, -0.2) is 0 Å². The van der Waals surface area contributed by atoms with Crippen LogP contribution >= 0.6 is 0 Å². The molecule has 0 amide bonds. The molecular formula is C20H36BNO4. The molecule has 3 N–H and O–H groups in total. The van der Waals surface area contributed by atoms with E-state index in [2.05, 4.69) is 58.1 Å². The number of benzene rings is 1. The zero-order chi connectivity index (χ0) is 20.6. The van der Waals surface area contributed by atoms with Crippen LogP contribution in [0.3, 0.4) is 0 Å². The second-order valence-corrected chi connectivity index (χ2v) is 9.03. The molecule has 0 atom stereocenters. The molecule has 1 fully saturated rings. The van der Waals surface area contributed by atoms with Gasteiger partial charge in [0.1, 0.15) is 0 Å². The maximum Gasteiger partial charge on any atom is 0.495 e. The lowest BCUT2D eigenvalue weighted by Gasteiger charge is -2.32. The molecule has 1 heterocycles. The normalized spacial score (nSPS) is 19.0. The fourth-order valence-corrected chi connectivity index (χ4v) is 2.02. The number of aryl methyl sites for hydroxylation is 1. The van der Waals surface area contributed by atoms with E-state index in [0.29, 0.717) is 0 Å². The number of nitrogens with one attached hydrogen (secondary N) is 1. The lowest BCUT2D eigenvalue weighted by Crippen LogP contribution is -2.44. The molecule has 6 heteroatoms. The van der Waals surface area contributed by atoms with Crippen LogP contribution in [0.2, 0.25) is 0 Å². The van der Waals surface area contributed by atoms with Crippen molar-refractivity contribution in [2.24, 2.45) is 0 Å². The fourth-order valence-electron chi connectivity index (χ4n) is 2.02. The van der Waals surface area contributed by atoms with E-state index in [9.17, 15) is 0 Å². The minimum absolute atomic E-state index is 0.289. The van der Waals surface area contributed by atoms with Crippen LogP contribution in [0, 0.1) is 6.92 Å². The van der Waals surface area contributed by atoms with Crippen LogP contribution in [0.1, 0.15) is 61.0 Å². The first kappa shape index (κ1) is 23.0. The number of hydrogen-bond acceptors (Lipinski definition) is 5. The third-order valence-electron chi connectivity index (χ3n) is 5.57. The number of hydrogen-bond donors (Lipinski definition) is 3. The second kappa shape index (κ2) is 7.51. The molecule has 1 aliphatic rings. The summed E-state index contributed by atoms with van der Waals surface area (Å²) in [5.41, 5.74) is 0.762. The quantitative estimate of drug-likeness (QED) is 0.719. The van der Waals surface area contributed by atoms with Crippen LogP contribution in [0.15, 0.2) is 18.2 Å². The first-order valence-electron chi connectivity index (χ1n) is 9.10. The molecule has 1 aromatic rings. The predicted molar refractivity (Wildman–Crippen MR) is 109 cm³/mol. The molecule has 26 heavy (non-hydrogen) atoms. The van der Waals surface area contributed by atoms with Crippen molar-refractivity contribution in [3.8, 4) is 0 Å². The van der Waals surface area contributed by atoms with Gasteiger partial charge in [0.15, 0.2) is 0 Å². The first-order valence-corrected chi connectivity index (χ1v) is 9.10. The maximum absolute atomic E-state index is 9.10. The van der Waals surface area contributed by atoms with Crippen molar-refractivity contribution in [3.05, 3.63) is 23.8 Å². The van der Waals surface area contributed by atoms with E-state index < -0.39 is 11.2 Å². The van der Waals surface area contributed by atoms with Crippen LogP contribution in [0.25, 0.3) is 0 Å². The Morgan fingerprint density at radius 3 is 1.69 bits per heavy atom. The zero-order valence-corrected chi connectivity index (χ0v) is 18.0. The van der Waals surface area contributed by atoms with Gasteiger partial charge in [-0.1, -0.05) is 11.6 Å². The van der Waals surface area contributed by atoms with E-state index in [-0.39, 0.29) is 18.3 Å². The van der Waals surface area contributed by atoms with Gasteiger partial charge in [0, 0.05) is 12.7 Å². The van der Waals surface area contributed by atoms with Gasteiger partial charge in [-0.3, -0.25) is 0 Å². The monoisotopic (exact) mass is 365 g/mol. The Morgan fingerprint density at radius 1 is 0.923 bits per heavy atom. The average molecular weight is 365 g/mol. The Morgan fingerprint density at radius 2 is 1.35 bits per heavy atom. The molecule has 2 rings (SSSR count). The van der Waals surface area contributed by atoms with Crippen molar-refractivity contribution >= 4 is 18.3 Å². The Hall–Kier alpha value is -1.08. The van der Waals surface area contributed by atoms with Crippen LogP contribution in [0.5, 0.6) is 0 Å². The number of rotatable bonds is 3. The minimum atomic E-state index is -1.01. The molecule has 148 valence electrons. The van der Waals surface area contributed by atoms with Crippen LogP contribution in [-0.4, -0.2) is 46.8 Å². The SMILES string of the molecule is CC(C)(O)C(C)(C)O.CNc1ccc(C)c(B2OC(C)(C)C(C)(C)O2)c1. The Bertz CT molecular complexity index is 587. The minimum Gasteiger partial charge on any atom is -0.399 e. The molecule has 0 unspecified atom stereocenters. The molecule has 0 radical (unpaired) electrons. The van der Waals surface area contributed by atoms with E-state index in [1.807, 2.05) is 7.05 Å². The van der Waals surface area contributed by atoms with Crippen LogP contribution in [-0.2, 0) is 9.31 Å². The standard InChI is InChI=1S/C14H22BNO2.C6H14O2/c1-10-7-8-11(16-6)9-12(10)15-17-13(2,3)14(4,5)18-15;1-5(2,7)6(3,4)8/h7-9,16H,1-6H3;7-8H,1-4H3.